The molecule has 0 saturated heterocycles. The van der Waals surface area contributed by atoms with Crippen LogP contribution < -0.4 is 11.5 Å². The maximum absolute atomic E-state index is 12.7. The maximum Gasteiger partial charge on any atom is 0.426 e. The van der Waals surface area contributed by atoms with Crippen molar-refractivity contribution in [2.75, 3.05) is 6.54 Å². The molecule has 8 heteroatoms. The van der Waals surface area contributed by atoms with Crippen molar-refractivity contribution in [2.24, 2.45) is 11.5 Å². The molecular formula is C22H27N3O5. The van der Waals surface area contributed by atoms with Crippen molar-refractivity contribution >= 4 is 18.1 Å². The lowest BCUT2D eigenvalue weighted by molar-refractivity contribution is -0.129. The van der Waals surface area contributed by atoms with Gasteiger partial charge in [-0.15, -0.1) is 4.90 Å². The van der Waals surface area contributed by atoms with E-state index in [-0.39, 0.29) is 19.6 Å². The van der Waals surface area contributed by atoms with Crippen molar-refractivity contribution in [3.63, 3.8) is 0 Å². The summed E-state index contributed by atoms with van der Waals surface area (Å²) < 4.78 is 10.3. The van der Waals surface area contributed by atoms with Crippen LogP contribution in [0.3, 0.4) is 0 Å². The second-order valence-electron chi connectivity index (χ2n) is 6.64. The number of imide groups is 3. The molecule has 8 nitrogen and oxygen atoms in total. The Labute approximate surface area is 175 Å². The molecule has 2 rings (SSSR count). The molecular weight excluding hydrogens is 386 g/mol. The highest BCUT2D eigenvalue weighted by Crippen LogP contribution is 2.11. The Kier molecular flexibility index (Phi) is 9.50. The molecule has 4 N–H and O–H groups in total. The van der Waals surface area contributed by atoms with E-state index in [4.69, 9.17) is 20.9 Å². The fourth-order valence-electron chi connectivity index (χ4n) is 2.62. The van der Waals surface area contributed by atoms with Gasteiger partial charge in [-0.2, -0.15) is 0 Å². The van der Waals surface area contributed by atoms with Gasteiger partial charge in [0, 0.05) is 0 Å². The normalized spacial score (nSPS) is 11.4. The first-order chi connectivity index (χ1) is 14.5. The minimum absolute atomic E-state index is 0.0994. The monoisotopic (exact) mass is 413 g/mol. The van der Waals surface area contributed by atoms with Gasteiger partial charge in [-0.1, -0.05) is 67.1 Å². The van der Waals surface area contributed by atoms with Crippen LogP contribution in [0.15, 0.2) is 60.7 Å². The van der Waals surface area contributed by atoms with Crippen LogP contribution in [0.5, 0.6) is 0 Å². The lowest BCUT2D eigenvalue weighted by atomic mass is 10.1. The SMILES string of the molecule is NCCCC[C@H](N)C(=O)N(C(=O)OCc1ccccc1)C(=O)OCc1ccccc1. The van der Waals surface area contributed by atoms with Gasteiger partial charge in [0.15, 0.2) is 0 Å². The molecule has 160 valence electrons. The van der Waals surface area contributed by atoms with Crippen LogP contribution in [0.2, 0.25) is 0 Å². The summed E-state index contributed by atoms with van der Waals surface area (Å²) in [6, 6.07) is 16.8. The van der Waals surface area contributed by atoms with Gasteiger partial charge in [0.2, 0.25) is 0 Å². The number of hydrogen-bond donors (Lipinski definition) is 2. The van der Waals surface area contributed by atoms with Crippen molar-refractivity contribution in [3.8, 4) is 0 Å². The molecule has 0 heterocycles. The molecule has 2 aromatic carbocycles. The number of carbonyl (C=O) groups is 3. The van der Waals surface area contributed by atoms with Crippen LogP contribution >= 0.6 is 0 Å². The van der Waals surface area contributed by atoms with Crippen LogP contribution in [0, 0.1) is 0 Å². The molecule has 0 radical (unpaired) electrons. The van der Waals surface area contributed by atoms with Crippen molar-refractivity contribution in [2.45, 2.75) is 38.5 Å². The van der Waals surface area contributed by atoms with Gasteiger partial charge in [0.1, 0.15) is 13.2 Å². The maximum atomic E-state index is 12.7. The lowest BCUT2D eigenvalue weighted by Gasteiger charge is -2.21. The summed E-state index contributed by atoms with van der Waals surface area (Å²) in [6.07, 6.45) is -0.704. The third-order valence-electron chi connectivity index (χ3n) is 4.28. The number of nitrogens with two attached hydrogens (primary N) is 2. The Morgan fingerprint density at radius 1 is 0.800 bits per heavy atom. The number of unbranched alkanes of at least 4 members (excludes halogenated alkanes) is 1. The Hall–Kier alpha value is -3.23. The van der Waals surface area contributed by atoms with Crippen molar-refractivity contribution in [3.05, 3.63) is 71.8 Å². The fraction of sp³-hybridized carbons (Fsp3) is 0.318. The average Bonchev–Trinajstić information content (AvgIpc) is 2.78. The molecule has 2 aromatic rings. The van der Waals surface area contributed by atoms with Crippen molar-refractivity contribution in [1.29, 1.82) is 0 Å². The van der Waals surface area contributed by atoms with Crippen LogP contribution in [-0.4, -0.2) is 35.6 Å². The van der Waals surface area contributed by atoms with Crippen LogP contribution in [-0.2, 0) is 27.5 Å². The summed E-state index contributed by atoms with van der Waals surface area (Å²) in [5.41, 5.74) is 12.8. The van der Waals surface area contributed by atoms with Crippen molar-refractivity contribution < 1.29 is 23.9 Å². The summed E-state index contributed by atoms with van der Waals surface area (Å²) in [7, 11) is 0. The van der Waals surface area contributed by atoms with Gasteiger partial charge < -0.3 is 20.9 Å². The van der Waals surface area contributed by atoms with Crippen LogP contribution in [0.1, 0.15) is 30.4 Å². The molecule has 0 aliphatic rings. The smallest absolute Gasteiger partial charge is 0.426 e. The second kappa shape index (κ2) is 12.4. The highest BCUT2D eigenvalue weighted by Gasteiger charge is 2.35. The first-order valence-corrected chi connectivity index (χ1v) is 9.74. The standard InChI is InChI=1S/C22H27N3O5/c23-14-8-7-13-19(24)20(26)25(21(27)29-15-17-9-3-1-4-10-17)22(28)30-16-18-11-5-2-6-12-18/h1-6,9-12,19H,7-8,13-16,23-24H2/t19-/m0/s1. The summed E-state index contributed by atoms with van der Waals surface area (Å²) in [5.74, 6) is -0.872. The first kappa shape index (κ1) is 23.1. The zero-order chi connectivity index (χ0) is 21.8. The molecule has 0 unspecified atom stereocenters. The molecule has 0 fully saturated rings. The average molecular weight is 413 g/mol. The quantitative estimate of drug-likeness (QED) is 0.605. The first-order valence-electron chi connectivity index (χ1n) is 9.74. The zero-order valence-electron chi connectivity index (χ0n) is 16.7. The molecule has 0 aromatic heterocycles. The highest BCUT2D eigenvalue weighted by molar-refractivity contribution is 6.08. The van der Waals surface area contributed by atoms with Gasteiger partial charge >= 0.3 is 12.2 Å². The van der Waals surface area contributed by atoms with E-state index in [2.05, 4.69) is 0 Å². The van der Waals surface area contributed by atoms with E-state index >= 15 is 0 Å². The van der Waals surface area contributed by atoms with E-state index in [1.807, 2.05) is 12.1 Å². The predicted molar refractivity (Wildman–Crippen MR) is 111 cm³/mol. The number of hydrogen-bond acceptors (Lipinski definition) is 7. The largest absolute Gasteiger partial charge is 0.444 e. The third-order valence-corrected chi connectivity index (χ3v) is 4.28. The lowest BCUT2D eigenvalue weighted by Crippen LogP contribution is -2.50. The minimum Gasteiger partial charge on any atom is -0.444 e. The molecule has 3 amide bonds. The van der Waals surface area contributed by atoms with Crippen LogP contribution in [0.25, 0.3) is 0 Å². The topological polar surface area (TPSA) is 125 Å². The van der Waals surface area contributed by atoms with Gasteiger partial charge in [0.25, 0.3) is 5.91 Å². The summed E-state index contributed by atoms with van der Waals surface area (Å²) in [5, 5.41) is 0. The van der Waals surface area contributed by atoms with Gasteiger partial charge in [-0.05, 0) is 30.5 Å². The second-order valence-corrected chi connectivity index (χ2v) is 6.64. The fourth-order valence-corrected chi connectivity index (χ4v) is 2.62. The number of amides is 3. The molecule has 1 atom stereocenters. The Bertz CT molecular complexity index is 759. The minimum atomic E-state index is -1.13. The summed E-state index contributed by atoms with van der Waals surface area (Å²) >= 11 is 0. The summed E-state index contributed by atoms with van der Waals surface area (Å²) in [6.45, 7) is 0.262. The van der Waals surface area contributed by atoms with Crippen molar-refractivity contribution in [1.82, 2.24) is 4.90 Å². The van der Waals surface area contributed by atoms with E-state index in [1.165, 1.54) is 0 Å². The molecule has 30 heavy (non-hydrogen) atoms. The Morgan fingerprint density at radius 2 is 1.27 bits per heavy atom. The van der Waals surface area contributed by atoms with E-state index in [1.54, 1.807) is 48.5 Å². The van der Waals surface area contributed by atoms with Gasteiger partial charge in [-0.25, -0.2) is 9.59 Å². The predicted octanol–water partition coefficient (Wildman–Crippen LogP) is 2.94. The third kappa shape index (κ3) is 7.31. The number of ether oxygens (including phenoxy) is 2. The zero-order valence-corrected chi connectivity index (χ0v) is 16.7. The van der Waals surface area contributed by atoms with Gasteiger partial charge in [0.05, 0.1) is 6.04 Å². The molecule has 0 aliphatic carbocycles. The van der Waals surface area contributed by atoms with E-state index in [0.29, 0.717) is 35.4 Å². The highest BCUT2D eigenvalue weighted by atomic mass is 16.6. The van der Waals surface area contributed by atoms with E-state index in [9.17, 15) is 14.4 Å². The summed E-state index contributed by atoms with van der Waals surface area (Å²) in [4.78, 5) is 38.1. The van der Waals surface area contributed by atoms with E-state index < -0.39 is 24.1 Å². The van der Waals surface area contributed by atoms with Crippen LogP contribution in [0.4, 0.5) is 9.59 Å². The Balaban J connectivity index is 2.06. The number of benzene rings is 2. The number of rotatable bonds is 9. The Morgan fingerprint density at radius 3 is 1.70 bits per heavy atom. The van der Waals surface area contributed by atoms with E-state index in [0.717, 1.165) is 0 Å². The molecule has 0 spiro atoms. The van der Waals surface area contributed by atoms with Gasteiger partial charge in [-0.3, -0.25) is 4.79 Å². The molecule has 0 bridgehead atoms. The molecule has 0 aliphatic heterocycles. The molecule has 0 saturated carbocycles. The number of nitrogens with zero attached hydrogens (tertiary/aromatic N) is 1. The number of carbonyl (C=O) groups excluding carboxylic acids is 3.